The van der Waals surface area contributed by atoms with Crippen molar-refractivity contribution in [2.45, 2.75) is 37.4 Å². The molecule has 2 aliphatic rings. The fourth-order valence-corrected chi connectivity index (χ4v) is 3.47. The number of aliphatic hydroxyl groups is 1. The van der Waals surface area contributed by atoms with Gasteiger partial charge in [0.1, 0.15) is 5.75 Å². The van der Waals surface area contributed by atoms with Crippen LogP contribution in [0.25, 0.3) is 0 Å². The number of hydrogen-bond donors (Lipinski definition) is 2. The van der Waals surface area contributed by atoms with Gasteiger partial charge in [0.25, 0.3) is 5.91 Å². The van der Waals surface area contributed by atoms with Crippen LogP contribution in [0.4, 0.5) is 0 Å². The second-order valence-corrected chi connectivity index (χ2v) is 6.78. The number of likely N-dealkylation sites (tertiary alicyclic amines) is 1. The van der Waals surface area contributed by atoms with Crippen LogP contribution in [0.2, 0.25) is 5.02 Å². The summed E-state index contributed by atoms with van der Waals surface area (Å²) in [6, 6.07) is 7.12. The number of hydrogen-bond acceptors (Lipinski definition) is 4. The Kier molecular flexibility index (Phi) is 5.09. The van der Waals surface area contributed by atoms with Crippen molar-refractivity contribution < 1.29 is 14.6 Å². The topological polar surface area (TPSA) is 61.8 Å². The van der Waals surface area contributed by atoms with E-state index in [2.05, 4.69) is 5.32 Å². The molecule has 1 aromatic rings. The number of benzene rings is 1. The molecule has 6 heteroatoms. The summed E-state index contributed by atoms with van der Waals surface area (Å²) in [7, 11) is 0. The number of nitrogens with zero attached hydrogens (tertiary/aromatic N) is 1. The van der Waals surface area contributed by atoms with Crippen LogP contribution in [-0.2, 0) is 4.79 Å². The zero-order chi connectivity index (χ0) is 16.3. The molecule has 0 bridgehead atoms. The van der Waals surface area contributed by atoms with E-state index < -0.39 is 11.7 Å². The van der Waals surface area contributed by atoms with Crippen LogP contribution in [0.15, 0.2) is 24.3 Å². The van der Waals surface area contributed by atoms with Gasteiger partial charge in [-0.3, -0.25) is 4.79 Å². The fraction of sp³-hybridized carbons (Fsp3) is 0.588. The van der Waals surface area contributed by atoms with Crippen LogP contribution in [0.1, 0.15) is 25.7 Å². The first-order valence-electron chi connectivity index (χ1n) is 8.22. The van der Waals surface area contributed by atoms with E-state index in [0.717, 1.165) is 25.9 Å². The molecule has 2 fully saturated rings. The minimum absolute atomic E-state index is 0.00676. The minimum atomic E-state index is -0.851. The van der Waals surface area contributed by atoms with Gasteiger partial charge in [-0.25, -0.2) is 0 Å². The molecule has 0 unspecified atom stereocenters. The molecule has 3 rings (SSSR count). The molecular formula is C17H23ClN2O3. The average Bonchev–Trinajstić information content (AvgIpc) is 2.57. The Hall–Kier alpha value is -1.30. The summed E-state index contributed by atoms with van der Waals surface area (Å²) < 4.78 is 6.18. The standard InChI is InChI=1S/C17H23ClN2O3/c18-13-3-5-15(6-4-13)23-17(7-9-19-10-8-17)16(22)20-11-1-2-14(21)12-20/h3-6,14,19,21H,1-2,7-12H2/t14-/m1/s1. The number of carbonyl (C=O) groups excluding carboxylic acids is 1. The van der Waals surface area contributed by atoms with Gasteiger partial charge < -0.3 is 20.1 Å². The first kappa shape index (κ1) is 16.6. The predicted octanol–water partition coefficient (Wildman–Crippen LogP) is 1.82. The molecule has 5 nitrogen and oxygen atoms in total. The van der Waals surface area contributed by atoms with Crippen molar-refractivity contribution in [2.75, 3.05) is 26.2 Å². The number of halogens is 1. The van der Waals surface area contributed by atoms with Crippen LogP contribution < -0.4 is 10.1 Å². The number of piperidine rings is 2. The van der Waals surface area contributed by atoms with E-state index in [1.165, 1.54) is 0 Å². The highest BCUT2D eigenvalue weighted by Crippen LogP contribution is 2.30. The van der Waals surface area contributed by atoms with Crippen LogP contribution in [0.3, 0.4) is 0 Å². The minimum Gasteiger partial charge on any atom is -0.477 e. The lowest BCUT2D eigenvalue weighted by molar-refractivity contribution is -0.153. The number of amides is 1. The Morgan fingerprint density at radius 1 is 1.30 bits per heavy atom. The molecule has 2 N–H and O–H groups in total. The Bertz CT molecular complexity index is 543. The summed E-state index contributed by atoms with van der Waals surface area (Å²) in [4.78, 5) is 14.9. The number of aliphatic hydroxyl groups excluding tert-OH is 1. The van der Waals surface area contributed by atoms with Gasteiger partial charge in [-0.15, -0.1) is 0 Å². The van der Waals surface area contributed by atoms with Gasteiger partial charge >= 0.3 is 0 Å². The van der Waals surface area contributed by atoms with E-state index in [0.29, 0.717) is 36.7 Å². The summed E-state index contributed by atoms with van der Waals surface area (Å²) in [5.74, 6) is 0.648. The summed E-state index contributed by atoms with van der Waals surface area (Å²) in [5, 5.41) is 13.8. The molecule has 1 atom stereocenters. The van der Waals surface area contributed by atoms with Gasteiger partial charge in [0, 0.05) is 31.0 Å². The van der Waals surface area contributed by atoms with Crippen molar-refractivity contribution in [2.24, 2.45) is 0 Å². The third-order valence-electron chi connectivity index (χ3n) is 4.61. The number of β-amino-alcohol motifs (C(OH)–C–C–N with tert-alkyl or cyclic N) is 1. The smallest absolute Gasteiger partial charge is 0.266 e. The summed E-state index contributed by atoms with van der Waals surface area (Å²) in [5.41, 5.74) is -0.851. The maximum Gasteiger partial charge on any atom is 0.266 e. The molecular weight excluding hydrogens is 316 g/mol. The maximum atomic E-state index is 13.1. The molecule has 1 amide bonds. The van der Waals surface area contributed by atoms with Crippen LogP contribution in [-0.4, -0.2) is 53.8 Å². The largest absolute Gasteiger partial charge is 0.477 e. The van der Waals surface area contributed by atoms with E-state index in [9.17, 15) is 9.90 Å². The van der Waals surface area contributed by atoms with Gasteiger partial charge in [-0.05, 0) is 50.2 Å². The molecule has 0 aromatic heterocycles. The molecule has 23 heavy (non-hydrogen) atoms. The molecule has 0 aliphatic carbocycles. The van der Waals surface area contributed by atoms with Gasteiger partial charge in [-0.2, -0.15) is 0 Å². The molecule has 0 radical (unpaired) electrons. The molecule has 2 saturated heterocycles. The molecule has 2 heterocycles. The van der Waals surface area contributed by atoms with Crippen LogP contribution in [0, 0.1) is 0 Å². The maximum absolute atomic E-state index is 13.1. The zero-order valence-electron chi connectivity index (χ0n) is 13.1. The SMILES string of the molecule is O=C(N1CCC[C@@H](O)C1)C1(Oc2ccc(Cl)cc2)CCNCC1. The molecule has 0 saturated carbocycles. The Balaban J connectivity index is 1.80. The summed E-state index contributed by atoms with van der Waals surface area (Å²) in [6.07, 6.45) is 2.42. The number of nitrogens with one attached hydrogen (secondary N) is 1. The number of carbonyl (C=O) groups is 1. The van der Waals surface area contributed by atoms with Crippen LogP contribution >= 0.6 is 11.6 Å². The highest BCUT2D eigenvalue weighted by atomic mass is 35.5. The van der Waals surface area contributed by atoms with E-state index >= 15 is 0 Å². The first-order valence-corrected chi connectivity index (χ1v) is 8.60. The fourth-order valence-electron chi connectivity index (χ4n) is 3.35. The highest BCUT2D eigenvalue weighted by molar-refractivity contribution is 6.30. The van der Waals surface area contributed by atoms with Crippen molar-refractivity contribution in [3.8, 4) is 5.75 Å². The highest BCUT2D eigenvalue weighted by Gasteiger charge is 2.45. The summed E-state index contributed by atoms with van der Waals surface area (Å²) >= 11 is 5.92. The van der Waals surface area contributed by atoms with Crippen molar-refractivity contribution in [3.63, 3.8) is 0 Å². The van der Waals surface area contributed by atoms with Crippen LogP contribution in [0.5, 0.6) is 5.75 Å². The number of rotatable bonds is 3. The average molecular weight is 339 g/mol. The van der Waals surface area contributed by atoms with Crippen molar-refractivity contribution in [1.29, 1.82) is 0 Å². The Morgan fingerprint density at radius 3 is 2.65 bits per heavy atom. The first-order chi connectivity index (χ1) is 11.1. The normalized spacial score (nSPS) is 24.3. The van der Waals surface area contributed by atoms with Gasteiger partial charge in [-0.1, -0.05) is 11.6 Å². The summed E-state index contributed by atoms with van der Waals surface area (Å²) in [6.45, 7) is 2.58. The molecule has 1 aromatic carbocycles. The molecule has 2 aliphatic heterocycles. The lowest BCUT2D eigenvalue weighted by atomic mass is 9.89. The number of ether oxygens (including phenoxy) is 1. The third-order valence-corrected chi connectivity index (χ3v) is 4.86. The van der Waals surface area contributed by atoms with E-state index in [1.54, 1.807) is 29.2 Å². The zero-order valence-corrected chi connectivity index (χ0v) is 13.9. The van der Waals surface area contributed by atoms with Gasteiger partial charge in [0.2, 0.25) is 0 Å². The predicted molar refractivity (Wildman–Crippen MR) is 88.7 cm³/mol. The second-order valence-electron chi connectivity index (χ2n) is 6.35. The Morgan fingerprint density at radius 2 is 2.00 bits per heavy atom. The van der Waals surface area contributed by atoms with Gasteiger partial charge in [0.05, 0.1) is 6.10 Å². The van der Waals surface area contributed by atoms with Crippen molar-refractivity contribution in [3.05, 3.63) is 29.3 Å². The van der Waals surface area contributed by atoms with E-state index in [1.807, 2.05) is 0 Å². The van der Waals surface area contributed by atoms with Gasteiger partial charge in [0.15, 0.2) is 5.60 Å². The lowest BCUT2D eigenvalue weighted by Crippen LogP contribution is -2.59. The quantitative estimate of drug-likeness (QED) is 0.882. The Labute approximate surface area is 141 Å². The molecule has 0 spiro atoms. The lowest BCUT2D eigenvalue weighted by Gasteiger charge is -2.41. The third kappa shape index (κ3) is 3.79. The van der Waals surface area contributed by atoms with Crippen molar-refractivity contribution >= 4 is 17.5 Å². The van der Waals surface area contributed by atoms with Crippen molar-refractivity contribution in [1.82, 2.24) is 10.2 Å². The molecule has 126 valence electrons. The second kappa shape index (κ2) is 7.07. The monoisotopic (exact) mass is 338 g/mol. The van der Waals surface area contributed by atoms with E-state index in [-0.39, 0.29) is 5.91 Å². The van der Waals surface area contributed by atoms with E-state index in [4.69, 9.17) is 16.3 Å².